The minimum absolute atomic E-state index is 0.179. The van der Waals surface area contributed by atoms with E-state index in [9.17, 15) is 9.59 Å². The van der Waals surface area contributed by atoms with Crippen LogP contribution in [-0.4, -0.2) is 15.2 Å². The Bertz CT molecular complexity index is 568. The summed E-state index contributed by atoms with van der Waals surface area (Å²) in [6.07, 6.45) is 2.64. The molecule has 0 aliphatic heterocycles. The normalized spacial score (nSPS) is 10.5. The van der Waals surface area contributed by atoms with Gasteiger partial charge in [0.05, 0.1) is 22.7 Å². The van der Waals surface area contributed by atoms with Gasteiger partial charge in [-0.3, -0.25) is 24.8 Å². The molecule has 0 unspecified atom stereocenters. The van der Waals surface area contributed by atoms with Crippen LogP contribution in [0, 0.1) is 0 Å². The zero-order chi connectivity index (χ0) is 9.42. The maximum atomic E-state index is 11.2. The molecule has 6 nitrogen and oxygen atoms in total. The van der Waals surface area contributed by atoms with E-state index in [2.05, 4.69) is 15.2 Å². The molecule has 0 saturated heterocycles. The van der Waals surface area contributed by atoms with Crippen molar-refractivity contribution < 1.29 is 0 Å². The van der Waals surface area contributed by atoms with Crippen molar-refractivity contribution >= 4 is 16.5 Å². The van der Waals surface area contributed by atoms with Crippen molar-refractivity contribution in [2.45, 2.75) is 0 Å². The molecule has 4 N–H and O–H groups in total. The molecule has 2 aromatic heterocycles. The third kappa shape index (κ3) is 0.994. The number of nitrogens with one attached hydrogen (secondary N) is 2. The Labute approximate surface area is 71.4 Å². The van der Waals surface area contributed by atoms with Crippen LogP contribution in [0.2, 0.25) is 0 Å². The Morgan fingerprint density at radius 2 is 1.85 bits per heavy atom. The van der Waals surface area contributed by atoms with Crippen molar-refractivity contribution in [3.63, 3.8) is 0 Å². The number of anilines is 1. The monoisotopic (exact) mass is 178 g/mol. The molecular formula is C7H6N4O2. The smallest absolute Gasteiger partial charge is 0.272 e. The molecule has 0 aromatic carbocycles. The highest BCUT2D eigenvalue weighted by Crippen LogP contribution is 2.09. The topological polar surface area (TPSA) is 105 Å². The lowest BCUT2D eigenvalue weighted by atomic mass is 10.2. The lowest BCUT2D eigenvalue weighted by molar-refractivity contribution is 0.975. The van der Waals surface area contributed by atoms with Crippen molar-refractivity contribution in [2.75, 3.05) is 5.73 Å². The molecule has 0 aliphatic rings. The van der Waals surface area contributed by atoms with Gasteiger partial charge in [-0.25, -0.2) is 0 Å². The first-order chi connectivity index (χ1) is 6.20. The van der Waals surface area contributed by atoms with Crippen molar-refractivity contribution in [3.05, 3.63) is 33.1 Å². The minimum atomic E-state index is -0.422. The fourth-order valence-corrected chi connectivity index (χ4v) is 1.15. The molecule has 0 aliphatic carbocycles. The molecule has 66 valence electrons. The molecule has 0 saturated carbocycles. The van der Waals surface area contributed by atoms with Crippen molar-refractivity contribution in [2.24, 2.45) is 0 Å². The summed E-state index contributed by atoms with van der Waals surface area (Å²) < 4.78 is 0. The number of nitrogens with zero attached hydrogens (tertiary/aromatic N) is 1. The summed E-state index contributed by atoms with van der Waals surface area (Å²) in [6.45, 7) is 0. The van der Waals surface area contributed by atoms with Crippen LogP contribution in [0.1, 0.15) is 0 Å². The number of nitrogen functional groups attached to an aromatic ring is 1. The van der Waals surface area contributed by atoms with Gasteiger partial charge in [-0.1, -0.05) is 0 Å². The summed E-state index contributed by atoms with van der Waals surface area (Å²) in [5, 5.41) is 4.74. The minimum Gasteiger partial charge on any atom is -0.397 e. The average Bonchev–Trinajstić information content (AvgIpc) is 2.12. The lowest BCUT2D eigenvalue weighted by Gasteiger charge is -1.97. The summed E-state index contributed by atoms with van der Waals surface area (Å²) in [4.78, 5) is 26.1. The highest BCUT2D eigenvalue weighted by Gasteiger charge is 2.05. The van der Waals surface area contributed by atoms with Gasteiger partial charge in [0.25, 0.3) is 11.1 Å². The molecule has 6 heteroatoms. The SMILES string of the molecule is Nc1cncc2c(=O)[nH][nH]c(=O)c12. The molecule has 13 heavy (non-hydrogen) atoms. The van der Waals surface area contributed by atoms with Gasteiger partial charge < -0.3 is 5.73 Å². The van der Waals surface area contributed by atoms with E-state index in [-0.39, 0.29) is 16.5 Å². The Hall–Kier alpha value is -2.11. The van der Waals surface area contributed by atoms with Gasteiger partial charge >= 0.3 is 0 Å². The fourth-order valence-electron chi connectivity index (χ4n) is 1.15. The van der Waals surface area contributed by atoms with Crippen LogP contribution >= 0.6 is 0 Å². The van der Waals surface area contributed by atoms with E-state index in [0.717, 1.165) is 0 Å². The number of aromatic amines is 2. The number of hydrogen-bond donors (Lipinski definition) is 3. The van der Waals surface area contributed by atoms with Crippen LogP contribution in [-0.2, 0) is 0 Å². The summed E-state index contributed by atoms with van der Waals surface area (Å²) in [7, 11) is 0. The first-order valence-corrected chi connectivity index (χ1v) is 3.54. The highest BCUT2D eigenvalue weighted by molar-refractivity contribution is 5.89. The van der Waals surface area contributed by atoms with Crippen molar-refractivity contribution in [1.82, 2.24) is 15.2 Å². The Morgan fingerprint density at radius 1 is 1.15 bits per heavy atom. The molecule has 0 fully saturated rings. The Balaban J connectivity index is 3.19. The number of pyridine rings is 1. The van der Waals surface area contributed by atoms with Gasteiger partial charge in [0.1, 0.15) is 0 Å². The summed E-state index contributed by atoms with van der Waals surface area (Å²) in [6, 6.07) is 0. The number of fused-ring (bicyclic) bond motifs is 1. The molecular weight excluding hydrogens is 172 g/mol. The molecule has 0 atom stereocenters. The number of hydrogen-bond acceptors (Lipinski definition) is 4. The Kier molecular flexibility index (Phi) is 1.42. The maximum Gasteiger partial charge on any atom is 0.272 e. The summed E-state index contributed by atoms with van der Waals surface area (Å²) >= 11 is 0. The van der Waals surface area contributed by atoms with Crippen molar-refractivity contribution in [3.8, 4) is 0 Å². The lowest BCUT2D eigenvalue weighted by Crippen LogP contribution is -2.20. The van der Waals surface area contributed by atoms with E-state index >= 15 is 0 Å². The molecule has 2 rings (SSSR count). The highest BCUT2D eigenvalue weighted by atomic mass is 16.1. The second kappa shape index (κ2) is 2.44. The molecule has 0 spiro atoms. The maximum absolute atomic E-state index is 11.2. The second-order valence-corrected chi connectivity index (χ2v) is 2.56. The third-order valence-corrected chi connectivity index (χ3v) is 1.74. The number of H-pyrrole nitrogens is 2. The van der Waals surface area contributed by atoms with Gasteiger partial charge in [0, 0.05) is 6.20 Å². The van der Waals surface area contributed by atoms with Crippen molar-refractivity contribution in [1.29, 1.82) is 0 Å². The van der Waals surface area contributed by atoms with E-state index in [1.165, 1.54) is 12.4 Å². The number of rotatable bonds is 0. The third-order valence-electron chi connectivity index (χ3n) is 1.74. The molecule has 2 aromatic rings. The van der Waals surface area contributed by atoms with Gasteiger partial charge in [-0.05, 0) is 0 Å². The van der Waals surface area contributed by atoms with E-state index in [4.69, 9.17) is 5.73 Å². The largest absolute Gasteiger partial charge is 0.397 e. The second-order valence-electron chi connectivity index (χ2n) is 2.56. The molecule has 0 amide bonds. The van der Waals surface area contributed by atoms with Crippen LogP contribution in [0.4, 0.5) is 5.69 Å². The van der Waals surface area contributed by atoms with Crippen LogP contribution in [0.3, 0.4) is 0 Å². The zero-order valence-electron chi connectivity index (χ0n) is 6.50. The predicted molar refractivity (Wildman–Crippen MR) is 47.4 cm³/mol. The van der Waals surface area contributed by atoms with E-state index < -0.39 is 11.1 Å². The molecule has 0 bridgehead atoms. The van der Waals surface area contributed by atoms with E-state index in [1.807, 2.05) is 0 Å². The first kappa shape index (κ1) is 7.53. The predicted octanol–water partition coefficient (Wildman–Crippen LogP) is -0.806. The number of nitrogens with two attached hydrogens (primary N) is 1. The molecule has 0 radical (unpaired) electrons. The van der Waals surface area contributed by atoms with Gasteiger partial charge in [-0.15, -0.1) is 0 Å². The van der Waals surface area contributed by atoms with Gasteiger partial charge in [0.2, 0.25) is 0 Å². The fraction of sp³-hybridized carbons (Fsp3) is 0. The molecule has 2 heterocycles. The summed E-state index contributed by atoms with van der Waals surface area (Å²) in [5.41, 5.74) is 4.86. The quantitative estimate of drug-likeness (QED) is 0.490. The van der Waals surface area contributed by atoms with Crippen LogP contribution in [0.15, 0.2) is 22.0 Å². The zero-order valence-corrected chi connectivity index (χ0v) is 6.50. The van der Waals surface area contributed by atoms with Crippen LogP contribution < -0.4 is 16.9 Å². The van der Waals surface area contributed by atoms with E-state index in [1.54, 1.807) is 0 Å². The first-order valence-electron chi connectivity index (χ1n) is 3.54. The van der Waals surface area contributed by atoms with Gasteiger partial charge in [0.15, 0.2) is 0 Å². The van der Waals surface area contributed by atoms with Crippen LogP contribution in [0.5, 0.6) is 0 Å². The average molecular weight is 178 g/mol. The van der Waals surface area contributed by atoms with Gasteiger partial charge in [-0.2, -0.15) is 0 Å². The number of aromatic nitrogens is 3. The standard InChI is InChI=1S/C7H6N4O2/c8-4-2-9-1-3-5(4)7(13)11-10-6(3)12/h1-2H,8H2,(H,10,12)(H,11,13). The van der Waals surface area contributed by atoms with E-state index in [0.29, 0.717) is 0 Å². The summed E-state index contributed by atoms with van der Waals surface area (Å²) in [5.74, 6) is 0. The Morgan fingerprint density at radius 3 is 2.54 bits per heavy atom. The van der Waals surface area contributed by atoms with Crippen LogP contribution in [0.25, 0.3) is 10.8 Å².